The third-order valence-electron chi connectivity index (χ3n) is 5.47. The van der Waals surface area contributed by atoms with Crippen LogP contribution in [-0.4, -0.2) is 23.6 Å². The fourth-order valence-corrected chi connectivity index (χ4v) is 3.78. The van der Waals surface area contributed by atoms with Crippen molar-refractivity contribution in [3.8, 4) is 5.75 Å². The number of methoxy groups -OCH3 is 1. The van der Waals surface area contributed by atoms with Gasteiger partial charge in [0.15, 0.2) is 11.6 Å². The minimum absolute atomic E-state index is 0.00668. The van der Waals surface area contributed by atoms with Crippen molar-refractivity contribution in [2.75, 3.05) is 7.11 Å². The van der Waals surface area contributed by atoms with Gasteiger partial charge in [-0.25, -0.2) is 8.78 Å². The number of esters is 1. The summed E-state index contributed by atoms with van der Waals surface area (Å²) in [5, 5.41) is 0.498. The van der Waals surface area contributed by atoms with E-state index in [-0.39, 0.29) is 29.9 Å². The van der Waals surface area contributed by atoms with Gasteiger partial charge in [0.1, 0.15) is 12.4 Å². The summed E-state index contributed by atoms with van der Waals surface area (Å²) in [7, 11) is 1.34. The lowest BCUT2D eigenvalue weighted by molar-refractivity contribution is -0.144. The van der Waals surface area contributed by atoms with E-state index in [0.29, 0.717) is 16.6 Å². The molecule has 0 aliphatic heterocycles. The zero-order chi connectivity index (χ0) is 23.5. The number of rotatable bonds is 6. The molecule has 3 aromatic carbocycles. The molecule has 168 valence electrons. The SMILES string of the molecule is COc1cc2c(CC(=O)OCc3ccccc3)c(C)n(C(=O)c3ccc(F)cc3)c2cc1F. The van der Waals surface area contributed by atoms with Crippen LogP contribution in [-0.2, 0) is 22.6 Å². The van der Waals surface area contributed by atoms with Crippen molar-refractivity contribution in [1.82, 2.24) is 4.57 Å². The Kier molecular flexibility index (Phi) is 6.22. The Hall–Kier alpha value is -4.00. The van der Waals surface area contributed by atoms with E-state index < -0.39 is 23.5 Å². The first-order chi connectivity index (χ1) is 15.9. The van der Waals surface area contributed by atoms with E-state index in [1.807, 2.05) is 30.3 Å². The number of carbonyl (C=O) groups is 2. The maximum Gasteiger partial charge on any atom is 0.310 e. The normalized spacial score (nSPS) is 10.9. The largest absolute Gasteiger partial charge is 0.494 e. The molecule has 5 nitrogen and oxygen atoms in total. The molecule has 0 amide bonds. The number of hydrogen-bond acceptors (Lipinski definition) is 4. The summed E-state index contributed by atoms with van der Waals surface area (Å²) in [6.45, 7) is 1.79. The summed E-state index contributed by atoms with van der Waals surface area (Å²) in [5.41, 5.74) is 2.34. The van der Waals surface area contributed by atoms with Crippen molar-refractivity contribution >= 4 is 22.8 Å². The number of nitrogens with zero attached hydrogens (tertiary/aromatic N) is 1. The Morgan fingerprint density at radius 1 is 0.970 bits per heavy atom. The number of halogens is 2. The van der Waals surface area contributed by atoms with Gasteiger partial charge in [0, 0.05) is 22.7 Å². The third-order valence-corrected chi connectivity index (χ3v) is 5.47. The zero-order valence-electron chi connectivity index (χ0n) is 18.1. The van der Waals surface area contributed by atoms with Gasteiger partial charge in [-0.15, -0.1) is 0 Å². The van der Waals surface area contributed by atoms with Gasteiger partial charge >= 0.3 is 5.97 Å². The lowest BCUT2D eigenvalue weighted by Crippen LogP contribution is -2.14. The summed E-state index contributed by atoms with van der Waals surface area (Å²) in [6, 6.07) is 17.0. The van der Waals surface area contributed by atoms with Crippen LogP contribution in [0.4, 0.5) is 8.78 Å². The van der Waals surface area contributed by atoms with Gasteiger partial charge in [0.05, 0.1) is 19.0 Å². The van der Waals surface area contributed by atoms with Gasteiger partial charge in [0.25, 0.3) is 5.91 Å². The predicted molar refractivity (Wildman–Crippen MR) is 119 cm³/mol. The van der Waals surface area contributed by atoms with Crippen molar-refractivity contribution in [3.63, 3.8) is 0 Å². The molecule has 0 saturated carbocycles. The van der Waals surface area contributed by atoms with Crippen LogP contribution in [0.2, 0.25) is 0 Å². The molecule has 0 fully saturated rings. The second kappa shape index (κ2) is 9.24. The van der Waals surface area contributed by atoms with Crippen LogP contribution in [0.25, 0.3) is 10.9 Å². The Balaban J connectivity index is 1.73. The molecule has 0 radical (unpaired) electrons. The first kappa shape index (κ1) is 22.2. The fraction of sp³-hybridized carbons (Fsp3) is 0.154. The molecule has 0 spiro atoms. The van der Waals surface area contributed by atoms with Crippen molar-refractivity contribution < 1.29 is 27.8 Å². The second-order valence-corrected chi connectivity index (χ2v) is 7.54. The Bertz CT molecular complexity index is 1330. The van der Waals surface area contributed by atoms with Crippen molar-refractivity contribution in [2.45, 2.75) is 20.0 Å². The highest BCUT2D eigenvalue weighted by Crippen LogP contribution is 2.32. The molecule has 7 heteroatoms. The van der Waals surface area contributed by atoms with Gasteiger partial charge in [-0.1, -0.05) is 30.3 Å². The number of hydrogen-bond donors (Lipinski definition) is 0. The summed E-state index contributed by atoms with van der Waals surface area (Å²) < 4.78 is 39.7. The summed E-state index contributed by atoms with van der Waals surface area (Å²) in [5.74, 6) is -2.08. The Labute approximate surface area is 189 Å². The molecule has 4 rings (SSSR count). The van der Waals surface area contributed by atoms with Crippen molar-refractivity contribution in [3.05, 3.63) is 101 Å². The van der Waals surface area contributed by atoms with Crippen LogP contribution in [0.1, 0.15) is 27.2 Å². The lowest BCUT2D eigenvalue weighted by atomic mass is 10.1. The molecule has 1 heterocycles. The van der Waals surface area contributed by atoms with E-state index in [2.05, 4.69) is 0 Å². The molecular formula is C26H21F2NO4. The van der Waals surface area contributed by atoms with Crippen LogP contribution < -0.4 is 4.74 Å². The monoisotopic (exact) mass is 449 g/mol. The maximum atomic E-state index is 14.5. The number of fused-ring (bicyclic) bond motifs is 1. The van der Waals surface area contributed by atoms with Gasteiger partial charge in [0.2, 0.25) is 0 Å². The van der Waals surface area contributed by atoms with Crippen LogP contribution in [0.3, 0.4) is 0 Å². The van der Waals surface area contributed by atoms with Gasteiger partial charge < -0.3 is 9.47 Å². The van der Waals surface area contributed by atoms with Gasteiger partial charge in [-0.2, -0.15) is 0 Å². The standard InChI is InChI=1S/C26H21F2NO4/c1-16-20(13-25(30)33-15-17-6-4-3-5-7-17)21-12-24(32-2)22(28)14-23(21)29(16)26(31)18-8-10-19(27)11-9-18/h3-12,14H,13,15H2,1-2H3. The average molecular weight is 449 g/mol. The van der Waals surface area contributed by atoms with E-state index in [4.69, 9.17) is 9.47 Å². The molecule has 0 unspecified atom stereocenters. The van der Waals surface area contributed by atoms with Crippen molar-refractivity contribution in [2.24, 2.45) is 0 Å². The minimum Gasteiger partial charge on any atom is -0.494 e. The summed E-state index contributed by atoms with van der Waals surface area (Å²) in [4.78, 5) is 25.9. The smallest absolute Gasteiger partial charge is 0.310 e. The molecule has 0 atom stereocenters. The highest BCUT2D eigenvalue weighted by Gasteiger charge is 2.24. The predicted octanol–water partition coefficient (Wildman–Crippen LogP) is 5.21. The summed E-state index contributed by atoms with van der Waals surface area (Å²) in [6.07, 6.45) is -0.117. The molecule has 4 aromatic rings. The molecular weight excluding hydrogens is 428 g/mol. The fourth-order valence-electron chi connectivity index (χ4n) is 3.78. The molecule has 0 bridgehead atoms. The molecule has 0 N–H and O–H groups in total. The van der Waals surface area contributed by atoms with E-state index >= 15 is 0 Å². The highest BCUT2D eigenvalue weighted by molar-refractivity contribution is 6.05. The third kappa shape index (κ3) is 4.48. The zero-order valence-corrected chi connectivity index (χ0v) is 18.1. The first-order valence-corrected chi connectivity index (χ1v) is 10.3. The number of benzene rings is 3. The van der Waals surface area contributed by atoms with Crippen LogP contribution >= 0.6 is 0 Å². The Morgan fingerprint density at radius 2 is 1.67 bits per heavy atom. The minimum atomic E-state index is -0.645. The number of aromatic nitrogens is 1. The van der Waals surface area contributed by atoms with Gasteiger partial charge in [-0.3, -0.25) is 14.2 Å². The average Bonchev–Trinajstić information content (AvgIpc) is 3.08. The molecule has 0 aliphatic rings. The van der Waals surface area contributed by atoms with E-state index in [1.165, 1.54) is 48.1 Å². The molecule has 0 aliphatic carbocycles. The van der Waals surface area contributed by atoms with Crippen LogP contribution in [0.5, 0.6) is 5.75 Å². The van der Waals surface area contributed by atoms with Crippen LogP contribution in [0, 0.1) is 18.6 Å². The number of ether oxygens (including phenoxy) is 2. The molecule has 33 heavy (non-hydrogen) atoms. The molecule has 0 saturated heterocycles. The van der Waals surface area contributed by atoms with Crippen LogP contribution in [0.15, 0.2) is 66.7 Å². The number of carbonyl (C=O) groups excluding carboxylic acids is 2. The van der Waals surface area contributed by atoms with E-state index in [1.54, 1.807) is 6.92 Å². The first-order valence-electron chi connectivity index (χ1n) is 10.3. The highest BCUT2D eigenvalue weighted by atomic mass is 19.1. The topological polar surface area (TPSA) is 57.5 Å². The van der Waals surface area contributed by atoms with Crippen molar-refractivity contribution in [1.29, 1.82) is 0 Å². The van der Waals surface area contributed by atoms with E-state index in [9.17, 15) is 18.4 Å². The Morgan fingerprint density at radius 3 is 2.33 bits per heavy atom. The lowest BCUT2D eigenvalue weighted by Gasteiger charge is -2.08. The maximum absolute atomic E-state index is 14.5. The van der Waals surface area contributed by atoms with E-state index in [0.717, 1.165) is 5.56 Å². The second-order valence-electron chi connectivity index (χ2n) is 7.54. The molecule has 1 aromatic heterocycles. The summed E-state index contributed by atoms with van der Waals surface area (Å²) >= 11 is 0. The quantitative estimate of drug-likeness (QED) is 0.379. The van der Waals surface area contributed by atoms with Gasteiger partial charge in [-0.05, 0) is 48.4 Å².